The quantitative estimate of drug-likeness (QED) is 0.269. The molecule has 12 heavy (non-hydrogen) atoms. The monoisotopic (exact) mass is 181 g/mol. The van der Waals surface area contributed by atoms with E-state index >= 15 is 0 Å². The first-order valence-electron chi connectivity index (χ1n) is 3.69. The summed E-state index contributed by atoms with van der Waals surface area (Å²) < 4.78 is 0. The Bertz CT molecular complexity index is 100. The summed E-state index contributed by atoms with van der Waals surface area (Å²) >= 11 is 0. The lowest BCUT2D eigenvalue weighted by molar-refractivity contribution is -0.855. The van der Waals surface area contributed by atoms with E-state index in [-0.39, 0.29) is 18.2 Å². The number of hydrogen-bond acceptors (Lipinski definition) is 5. The molecule has 6 heteroatoms. The minimum atomic E-state index is -1.07. The summed E-state index contributed by atoms with van der Waals surface area (Å²) in [6.45, 7) is -1.32. The normalized spacial score (nSPS) is 18.8. The molecule has 0 fully saturated rings. The van der Waals surface area contributed by atoms with Crippen molar-refractivity contribution in [1.82, 2.24) is 0 Å². The molecule has 0 aromatic heterocycles. The number of quaternary nitrogens is 1. The highest BCUT2D eigenvalue weighted by Gasteiger charge is 2.11. The van der Waals surface area contributed by atoms with E-state index in [1.54, 1.807) is 0 Å². The molecule has 2 atom stereocenters. The van der Waals surface area contributed by atoms with Crippen LogP contribution in [0.5, 0.6) is 0 Å². The topological polar surface area (TPSA) is 108 Å². The Balaban J connectivity index is 3.51. The average Bonchev–Trinajstić information content (AvgIpc) is 2.03. The van der Waals surface area contributed by atoms with Gasteiger partial charge in [-0.3, -0.25) is 0 Å². The standard InChI is InChI=1S/C6H15NO5/c8-3-5(10)1-7(12)2-6(11)4-9/h5-11H,1-4H2. The fraction of sp³-hybridized carbons (Fsp3) is 1.00. The Labute approximate surface area is 70.2 Å². The molecule has 0 aromatic carbocycles. The summed E-state index contributed by atoms with van der Waals surface area (Å²) in [7, 11) is 0. The van der Waals surface area contributed by atoms with Crippen molar-refractivity contribution < 1.29 is 25.5 Å². The Morgan fingerprint density at radius 3 is 1.58 bits per heavy atom. The molecule has 6 nitrogen and oxygen atoms in total. The molecule has 74 valence electrons. The van der Waals surface area contributed by atoms with E-state index in [1.165, 1.54) is 0 Å². The van der Waals surface area contributed by atoms with Gasteiger partial charge in [-0.15, -0.1) is 0 Å². The van der Waals surface area contributed by atoms with E-state index in [0.717, 1.165) is 0 Å². The van der Waals surface area contributed by atoms with Crippen LogP contribution in [0.3, 0.4) is 0 Å². The fourth-order valence-corrected chi connectivity index (χ4v) is 0.738. The van der Waals surface area contributed by atoms with Gasteiger partial charge in [-0.1, -0.05) is 0 Å². The molecule has 0 spiro atoms. The largest absolute Gasteiger partial charge is 0.634 e. The Morgan fingerprint density at radius 1 is 1.00 bits per heavy atom. The van der Waals surface area contributed by atoms with Gasteiger partial charge in [0.05, 0.1) is 13.2 Å². The highest BCUT2D eigenvalue weighted by atomic mass is 16.5. The molecule has 0 bridgehead atoms. The first-order valence-corrected chi connectivity index (χ1v) is 3.69. The molecule has 0 saturated heterocycles. The highest BCUT2D eigenvalue weighted by molar-refractivity contribution is 4.51. The van der Waals surface area contributed by atoms with Crippen LogP contribution in [0.2, 0.25) is 0 Å². The highest BCUT2D eigenvalue weighted by Crippen LogP contribution is 1.75. The van der Waals surface area contributed by atoms with Crippen molar-refractivity contribution in [1.29, 1.82) is 0 Å². The SMILES string of the molecule is [O-][NH+](CC(O)CO)CC(O)CO. The van der Waals surface area contributed by atoms with Crippen LogP contribution in [-0.2, 0) is 0 Å². The molecule has 0 aliphatic carbocycles. The summed E-state index contributed by atoms with van der Waals surface area (Å²) in [4.78, 5) is 0. The van der Waals surface area contributed by atoms with E-state index in [1.807, 2.05) is 0 Å². The maximum Gasteiger partial charge on any atom is 0.126 e. The van der Waals surface area contributed by atoms with Crippen molar-refractivity contribution in [2.45, 2.75) is 12.2 Å². The minimum Gasteiger partial charge on any atom is -0.634 e. The van der Waals surface area contributed by atoms with Crippen LogP contribution >= 0.6 is 0 Å². The van der Waals surface area contributed by atoms with Gasteiger partial charge in [0, 0.05) is 0 Å². The number of aliphatic hydroxyl groups excluding tert-OH is 4. The lowest BCUT2D eigenvalue weighted by Crippen LogP contribution is -3.09. The number of nitrogens with one attached hydrogen (secondary N) is 1. The molecule has 0 aliphatic heterocycles. The second-order valence-electron chi connectivity index (χ2n) is 2.62. The zero-order chi connectivity index (χ0) is 9.56. The van der Waals surface area contributed by atoms with Gasteiger partial charge in [-0.05, 0) is 0 Å². The van der Waals surface area contributed by atoms with E-state index in [4.69, 9.17) is 20.4 Å². The van der Waals surface area contributed by atoms with E-state index < -0.39 is 25.4 Å². The summed E-state index contributed by atoms with van der Waals surface area (Å²) in [5.74, 6) is 0. The average molecular weight is 181 g/mol. The van der Waals surface area contributed by atoms with E-state index in [2.05, 4.69) is 0 Å². The van der Waals surface area contributed by atoms with Crippen LogP contribution in [0.15, 0.2) is 0 Å². The van der Waals surface area contributed by atoms with Crippen molar-refractivity contribution in [3.05, 3.63) is 5.21 Å². The van der Waals surface area contributed by atoms with Crippen molar-refractivity contribution in [2.24, 2.45) is 0 Å². The zero-order valence-corrected chi connectivity index (χ0v) is 6.68. The van der Waals surface area contributed by atoms with Gasteiger partial charge in [-0.25, -0.2) is 0 Å². The molecule has 0 saturated carbocycles. The Hall–Kier alpha value is -0.240. The van der Waals surface area contributed by atoms with Crippen LogP contribution in [-0.4, -0.2) is 58.9 Å². The maximum absolute atomic E-state index is 10.8. The third-order valence-electron chi connectivity index (χ3n) is 1.35. The number of rotatable bonds is 6. The van der Waals surface area contributed by atoms with Crippen molar-refractivity contribution in [3.8, 4) is 0 Å². The van der Waals surface area contributed by atoms with Crippen molar-refractivity contribution in [3.63, 3.8) is 0 Å². The summed E-state index contributed by atoms with van der Waals surface area (Å²) in [5.41, 5.74) is 0. The van der Waals surface area contributed by atoms with Gasteiger partial charge in [0.15, 0.2) is 0 Å². The van der Waals surface area contributed by atoms with Gasteiger partial charge < -0.3 is 30.7 Å². The third kappa shape index (κ3) is 5.42. The minimum absolute atomic E-state index is 0.187. The third-order valence-corrected chi connectivity index (χ3v) is 1.35. The second kappa shape index (κ2) is 6.30. The smallest absolute Gasteiger partial charge is 0.126 e. The molecule has 0 rings (SSSR count). The van der Waals surface area contributed by atoms with Gasteiger partial charge in [0.2, 0.25) is 0 Å². The predicted molar refractivity (Wildman–Crippen MR) is 40.2 cm³/mol. The Kier molecular flexibility index (Phi) is 6.17. The number of hydroxylamine groups is 2. The van der Waals surface area contributed by atoms with Crippen LogP contribution < -0.4 is 5.06 Å². The fourth-order valence-electron chi connectivity index (χ4n) is 0.738. The molecule has 0 aromatic rings. The summed E-state index contributed by atoms with van der Waals surface area (Å²) in [5, 5.41) is 44.8. The van der Waals surface area contributed by atoms with Crippen molar-refractivity contribution >= 4 is 0 Å². The van der Waals surface area contributed by atoms with Gasteiger partial charge in [0.25, 0.3) is 0 Å². The molecular formula is C6H15NO5. The lowest BCUT2D eigenvalue weighted by atomic mass is 10.3. The number of aliphatic hydroxyl groups is 4. The van der Waals surface area contributed by atoms with Crippen LogP contribution in [0, 0.1) is 5.21 Å². The van der Waals surface area contributed by atoms with E-state index in [9.17, 15) is 5.21 Å². The molecule has 5 N–H and O–H groups in total. The van der Waals surface area contributed by atoms with Gasteiger partial charge >= 0.3 is 0 Å². The molecule has 0 amide bonds. The Morgan fingerprint density at radius 2 is 1.33 bits per heavy atom. The number of hydrogen-bond donors (Lipinski definition) is 5. The zero-order valence-electron chi connectivity index (χ0n) is 6.68. The van der Waals surface area contributed by atoms with Crippen LogP contribution in [0.1, 0.15) is 0 Å². The van der Waals surface area contributed by atoms with Gasteiger partial charge in [-0.2, -0.15) is 0 Å². The first kappa shape index (κ1) is 11.8. The molecule has 0 radical (unpaired) electrons. The lowest BCUT2D eigenvalue weighted by Gasteiger charge is -2.25. The summed E-state index contributed by atoms with van der Waals surface area (Å²) in [6, 6.07) is 0. The summed E-state index contributed by atoms with van der Waals surface area (Å²) in [6.07, 6.45) is -2.13. The molecule has 0 aliphatic rings. The molecular weight excluding hydrogens is 166 g/mol. The van der Waals surface area contributed by atoms with Gasteiger partial charge in [0.1, 0.15) is 25.3 Å². The first-order chi connectivity index (χ1) is 5.60. The molecule has 0 heterocycles. The molecule has 2 unspecified atom stereocenters. The predicted octanol–water partition coefficient (Wildman–Crippen LogP) is -3.92. The van der Waals surface area contributed by atoms with Crippen molar-refractivity contribution in [2.75, 3.05) is 26.3 Å². The second-order valence-corrected chi connectivity index (χ2v) is 2.62. The van der Waals surface area contributed by atoms with Crippen LogP contribution in [0.4, 0.5) is 0 Å². The maximum atomic E-state index is 10.8. The van der Waals surface area contributed by atoms with E-state index in [0.29, 0.717) is 0 Å². The van der Waals surface area contributed by atoms with Crippen LogP contribution in [0.25, 0.3) is 0 Å².